The molecule has 0 fully saturated rings. The van der Waals surface area contributed by atoms with E-state index in [0.717, 1.165) is 29.0 Å². The van der Waals surface area contributed by atoms with Gasteiger partial charge in [-0.25, -0.2) is 0 Å². The molecule has 1 aliphatic rings. The van der Waals surface area contributed by atoms with Gasteiger partial charge in [-0.3, -0.25) is 4.79 Å². The molecule has 0 aliphatic carbocycles. The lowest BCUT2D eigenvalue weighted by molar-refractivity contribution is -0.120. The molecule has 0 saturated heterocycles. The number of aryl methyl sites for hydroxylation is 1. The lowest BCUT2D eigenvalue weighted by Crippen LogP contribution is -2.27. The molecule has 0 unspecified atom stereocenters. The van der Waals surface area contributed by atoms with E-state index in [1.165, 1.54) is 4.88 Å². The van der Waals surface area contributed by atoms with Crippen LogP contribution in [0.15, 0.2) is 29.6 Å². The van der Waals surface area contributed by atoms with Gasteiger partial charge >= 0.3 is 0 Å². The van der Waals surface area contributed by atoms with Crippen LogP contribution in [0.25, 0.3) is 0 Å². The van der Waals surface area contributed by atoms with Crippen molar-refractivity contribution in [3.63, 3.8) is 0 Å². The zero-order chi connectivity index (χ0) is 15.4. The second-order valence-corrected chi connectivity index (χ2v) is 6.31. The molecule has 1 aromatic carbocycles. The Balaban J connectivity index is 1.56. The number of hydrogen-bond acceptors (Lipinski definition) is 4. The van der Waals surface area contributed by atoms with Crippen molar-refractivity contribution < 1.29 is 14.3 Å². The molecule has 4 nitrogen and oxygen atoms in total. The van der Waals surface area contributed by atoms with E-state index in [4.69, 9.17) is 9.47 Å². The summed E-state index contributed by atoms with van der Waals surface area (Å²) in [6, 6.07) is 7.98. The number of amides is 1. The fraction of sp³-hybridized carbons (Fsp3) is 0.353. The Labute approximate surface area is 134 Å². The summed E-state index contributed by atoms with van der Waals surface area (Å²) in [5.41, 5.74) is 2.04. The Morgan fingerprint density at radius 2 is 2.05 bits per heavy atom. The molecule has 0 saturated carbocycles. The first kappa shape index (κ1) is 14.9. The van der Waals surface area contributed by atoms with Crippen LogP contribution in [0, 0.1) is 6.92 Å². The molecule has 1 N–H and O–H groups in total. The van der Waals surface area contributed by atoms with Gasteiger partial charge in [0.2, 0.25) is 5.91 Å². The van der Waals surface area contributed by atoms with Gasteiger partial charge in [0, 0.05) is 11.4 Å². The highest BCUT2D eigenvalue weighted by atomic mass is 32.1. The zero-order valence-corrected chi connectivity index (χ0v) is 13.4. The lowest BCUT2D eigenvalue weighted by atomic mass is 10.0. The minimum Gasteiger partial charge on any atom is -0.486 e. The van der Waals surface area contributed by atoms with Crippen LogP contribution in [0.2, 0.25) is 0 Å². The SMILES string of the molecule is Cc1cc2c(cc1CC(=O)NCCc1cccs1)OCCO2. The maximum absolute atomic E-state index is 12.1. The quantitative estimate of drug-likeness (QED) is 0.922. The van der Waals surface area contributed by atoms with E-state index < -0.39 is 0 Å². The van der Waals surface area contributed by atoms with Gasteiger partial charge in [-0.15, -0.1) is 11.3 Å². The normalized spacial score (nSPS) is 13.0. The first-order valence-corrected chi connectivity index (χ1v) is 8.28. The van der Waals surface area contributed by atoms with E-state index in [1.807, 2.05) is 25.1 Å². The summed E-state index contributed by atoms with van der Waals surface area (Å²) in [5.74, 6) is 1.54. The third-order valence-electron chi connectivity index (χ3n) is 3.63. The molecular formula is C17H19NO3S. The van der Waals surface area contributed by atoms with Crippen molar-refractivity contribution in [2.45, 2.75) is 19.8 Å². The highest BCUT2D eigenvalue weighted by Crippen LogP contribution is 2.33. The fourth-order valence-electron chi connectivity index (χ4n) is 2.44. The van der Waals surface area contributed by atoms with Gasteiger partial charge < -0.3 is 14.8 Å². The van der Waals surface area contributed by atoms with Crippen LogP contribution in [0.3, 0.4) is 0 Å². The van der Waals surface area contributed by atoms with Crippen molar-refractivity contribution in [1.29, 1.82) is 0 Å². The fourth-order valence-corrected chi connectivity index (χ4v) is 3.15. The summed E-state index contributed by atoms with van der Waals surface area (Å²) < 4.78 is 11.1. The molecule has 22 heavy (non-hydrogen) atoms. The Kier molecular flexibility index (Phi) is 4.63. The molecule has 0 bridgehead atoms. The topological polar surface area (TPSA) is 47.6 Å². The number of benzene rings is 1. The molecule has 3 rings (SSSR count). The van der Waals surface area contributed by atoms with Gasteiger partial charge in [0.25, 0.3) is 0 Å². The smallest absolute Gasteiger partial charge is 0.224 e. The molecule has 1 aromatic heterocycles. The maximum atomic E-state index is 12.1. The van der Waals surface area contributed by atoms with Crippen molar-refractivity contribution in [1.82, 2.24) is 5.32 Å². The molecule has 5 heteroatoms. The highest BCUT2D eigenvalue weighted by Gasteiger charge is 2.15. The molecule has 1 aliphatic heterocycles. The summed E-state index contributed by atoms with van der Waals surface area (Å²) in [5, 5.41) is 5.02. The van der Waals surface area contributed by atoms with Crippen LogP contribution in [0.5, 0.6) is 11.5 Å². The number of nitrogens with one attached hydrogen (secondary N) is 1. The summed E-state index contributed by atoms with van der Waals surface area (Å²) in [6.45, 7) is 3.80. The molecule has 0 atom stereocenters. The van der Waals surface area contributed by atoms with Gasteiger partial charge in [0.15, 0.2) is 11.5 Å². The number of hydrogen-bond donors (Lipinski definition) is 1. The van der Waals surface area contributed by atoms with Gasteiger partial charge in [-0.2, -0.15) is 0 Å². The molecule has 0 radical (unpaired) electrons. The predicted octanol–water partition coefficient (Wildman–Crippen LogP) is 2.73. The van der Waals surface area contributed by atoms with Gasteiger partial charge in [0.1, 0.15) is 13.2 Å². The minimum absolute atomic E-state index is 0.0383. The number of rotatable bonds is 5. The second kappa shape index (κ2) is 6.83. The molecule has 0 spiro atoms. The molecule has 2 heterocycles. The number of ether oxygens (including phenoxy) is 2. The molecule has 2 aromatic rings. The van der Waals surface area contributed by atoms with E-state index in [0.29, 0.717) is 26.2 Å². The summed E-state index contributed by atoms with van der Waals surface area (Å²) >= 11 is 1.71. The molecule has 1 amide bonds. The number of carbonyl (C=O) groups excluding carboxylic acids is 1. The lowest BCUT2D eigenvalue weighted by Gasteiger charge is -2.20. The first-order valence-electron chi connectivity index (χ1n) is 7.40. The van der Waals surface area contributed by atoms with E-state index in [1.54, 1.807) is 11.3 Å². The Morgan fingerprint density at radius 1 is 1.27 bits per heavy atom. The van der Waals surface area contributed by atoms with Crippen LogP contribution >= 0.6 is 11.3 Å². The number of thiophene rings is 1. The maximum Gasteiger partial charge on any atom is 0.224 e. The van der Waals surface area contributed by atoms with Gasteiger partial charge in [-0.1, -0.05) is 6.07 Å². The first-order chi connectivity index (χ1) is 10.7. The Bertz CT molecular complexity index is 652. The minimum atomic E-state index is 0.0383. The van der Waals surface area contributed by atoms with Crippen molar-refractivity contribution in [2.75, 3.05) is 19.8 Å². The third kappa shape index (κ3) is 3.60. The van der Waals surface area contributed by atoms with Crippen LogP contribution in [-0.4, -0.2) is 25.7 Å². The molecular weight excluding hydrogens is 298 g/mol. The number of carbonyl (C=O) groups is 1. The average Bonchev–Trinajstić information content (AvgIpc) is 3.01. The molecule has 116 valence electrons. The van der Waals surface area contributed by atoms with E-state index in [9.17, 15) is 4.79 Å². The van der Waals surface area contributed by atoms with Gasteiger partial charge in [0.05, 0.1) is 6.42 Å². The van der Waals surface area contributed by atoms with Crippen molar-refractivity contribution in [3.8, 4) is 11.5 Å². The van der Waals surface area contributed by atoms with E-state index in [2.05, 4.69) is 16.8 Å². The standard InChI is InChI=1S/C17H19NO3S/c1-12-9-15-16(21-7-6-20-15)10-13(12)11-17(19)18-5-4-14-3-2-8-22-14/h2-3,8-10H,4-7,11H2,1H3,(H,18,19). The Hall–Kier alpha value is -2.01. The second-order valence-electron chi connectivity index (χ2n) is 5.28. The van der Waals surface area contributed by atoms with Crippen LogP contribution in [0.1, 0.15) is 16.0 Å². The van der Waals surface area contributed by atoms with Gasteiger partial charge in [-0.05, 0) is 48.1 Å². The van der Waals surface area contributed by atoms with Crippen LogP contribution < -0.4 is 14.8 Å². The Morgan fingerprint density at radius 3 is 2.77 bits per heavy atom. The zero-order valence-electron chi connectivity index (χ0n) is 12.6. The largest absolute Gasteiger partial charge is 0.486 e. The van der Waals surface area contributed by atoms with Crippen molar-refractivity contribution in [2.24, 2.45) is 0 Å². The van der Waals surface area contributed by atoms with Crippen molar-refractivity contribution >= 4 is 17.2 Å². The average molecular weight is 317 g/mol. The van der Waals surface area contributed by atoms with Crippen LogP contribution in [0.4, 0.5) is 0 Å². The predicted molar refractivity (Wildman–Crippen MR) is 86.9 cm³/mol. The highest BCUT2D eigenvalue weighted by molar-refractivity contribution is 7.09. The van der Waals surface area contributed by atoms with E-state index in [-0.39, 0.29) is 5.91 Å². The monoisotopic (exact) mass is 317 g/mol. The summed E-state index contributed by atoms with van der Waals surface area (Å²) in [7, 11) is 0. The summed E-state index contributed by atoms with van der Waals surface area (Å²) in [6.07, 6.45) is 1.25. The van der Waals surface area contributed by atoms with Crippen molar-refractivity contribution in [3.05, 3.63) is 45.6 Å². The number of fused-ring (bicyclic) bond motifs is 1. The van der Waals surface area contributed by atoms with Crippen LogP contribution in [-0.2, 0) is 17.6 Å². The summed E-state index contributed by atoms with van der Waals surface area (Å²) in [4.78, 5) is 13.4. The third-order valence-corrected chi connectivity index (χ3v) is 4.56. The van der Waals surface area contributed by atoms with E-state index >= 15 is 0 Å².